The lowest BCUT2D eigenvalue weighted by Crippen LogP contribution is -2.01. The largest absolute Gasteiger partial charge is 0.0654 e. The van der Waals surface area contributed by atoms with Crippen molar-refractivity contribution in [1.82, 2.24) is 0 Å². The second-order valence-electron chi connectivity index (χ2n) is 10.3. The van der Waals surface area contributed by atoms with E-state index in [0.717, 1.165) is 5.92 Å². The molecule has 0 heterocycles. The summed E-state index contributed by atoms with van der Waals surface area (Å²) >= 11 is 0. The van der Waals surface area contributed by atoms with Crippen LogP contribution in [-0.2, 0) is 0 Å². The Morgan fingerprint density at radius 3 is 0.800 bits per heavy atom. The van der Waals surface area contributed by atoms with Crippen LogP contribution in [0.3, 0.4) is 0 Å². The molecule has 182 valence electrons. The minimum absolute atomic E-state index is 1.04. The molecule has 30 heavy (non-hydrogen) atoms. The molecule has 0 bridgehead atoms. The summed E-state index contributed by atoms with van der Waals surface area (Å²) in [6.07, 6.45) is 38.3. The highest BCUT2D eigenvalue weighted by atomic mass is 14.1. The predicted octanol–water partition coefficient (Wildman–Crippen LogP) is 11.8. The number of rotatable bonds is 26. The van der Waals surface area contributed by atoms with Gasteiger partial charge in [-0.05, 0) is 5.92 Å². The standard InChI is InChI=1S/C30H62/c1-4-7-10-12-14-16-17-18-19-20-22-24-26-29-30(27-9-6-3)28-25-23-21-15-13-11-8-5-2/h30H,4-29H2,1-3H3. The molecule has 0 fully saturated rings. The Morgan fingerprint density at radius 1 is 0.267 bits per heavy atom. The van der Waals surface area contributed by atoms with Crippen LogP contribution in [0.4, 0.5) is 0 Å². The molecule has 0 aromatic rings. The summed E-state index contributed by atoms with van der Waals surface area (Å²) in [4.78, 5) is 0. The number of unbranched alkanes of at least 4 members (excludes halogenated alkanes) is 20. The van der Waals surface area contributed by atoms with Crippen LogP contribution in [0.25, 0.3) is 0 Å². The van der Waals surface area contributed by atoms with E-state index < -0.39 is 0 Å². The third-order valence-electron chi connectivity index (χ3n) is 7.15. The predicted molar refractivity (Wildman–Crippen MR) is 141 cm³/mol. The van der Waals surface area contributed by atoms with Crippen molar-refractivity contribution in [2.24, 2.45) is 5.92 Å². The Hall–Kier alpha value is 0. The first-order valence-corrected chi connectivity index (χ1v) is 14.8. The van der Waals surface area contributed by atoms with E-state index in [2.05, 4.69) is 20.8 Å². The molecule has 0 aliphatic heterocycles. The van der Waals surface area contributed by atoms with E-state index >= 15 is 0 Å². The lowest BCUT2D eigenvalue weighted by atomic mass is 9.90. The topological polar surface area (TPSA) is 0 Å². The highest BCUT2D eigenvalue weighted by molar-refractivity contribution is 4.61. The van der Waals surface area contributed by atoms with Crippen LogP contribution in [0.2, 0.25) is 0 Å². The van der Waals surface area contributed by atoms with Gasteiger partial charge in [0, 0.05) is 0 Å². The SMILES string of the molecule is CCCCCCCCCCCCCCCC(CCCC)CCCCCCCCCC. The van der Waals surface area contributed by atoms with Gasteiger partial charge in [0.25, 0.3) is 0 Å². The minimum atomic E-state index is 1.04. The number of hydrogen-bond acceptors (Lipinski definition) is 0. The average molecular weight is 423 g/mol. The van der Waals surface area contributed by atoms with Gasteiger partial charge in [-0.1, -0.05) is 188 Å². The molecule has 0 saturated heterocycles. The van der Waals surface area contributed by atoms with Crippen LogP contribution in [0, 0.1) is 5.92 Å². The average Bonchev–Trinajstić information content (AvgIpc) is 2.76. The zero-order valence-electron chi connectivity index (χ0n) is 22.0. The molecule has 0 aromatic heterocycles. The molecule has 0 rings (SSSR count). The quantitative estimate of drug-likeness (QED) is 0.122. The molecular weight excluding hydrogens is 360 g/mol. The maximum absolute atomic E-state index is 2.36. The molecule has 0 heteroatoms. The summed E-state index contributed by atoms with van der Waals surface area (Å²) in [5.74, 6) is 1.04. The molecule has 0 aliphatic rings. The monoisotopic (exact) mass is 422 g/mol. The van der Waals surface area contributed by atoms with Crippen molar-refractivity contribution in [3.63, 3.8) is 0 Å². The van der Waals surface area contributed by atoms with E-state index in [9.17, 15) is 0 Å². The fourth-order valence-corrected chi connectivity index (χ4v) is 4.94. The van der Waals surface area contributed by atoms with Crippen molar-refractivity contribution in [2.45, 2.75) is 188 Å². The van der Waals surface area contributed by atoms with Crippen LogP contribution in [0.5, 0.6) is 0 Å². The van der Waals surface area contributed by atoms with Gasteiger partial charge in [-0.25, -0.2) is 0 Å². The Bertz CT molecular complexity index is 282. The second kappa shape index (κ2) is 27.0. The van der Waals surface area contributed by atoms with Crippen LogP contribution in [0.1, 0.15) is 188 Å². The highest BCUT2D eigenvalue weighted by Gasteiger charge is 2.08. The molecule has 0 amide bonds. The van der Waals surface area contributed by atoms with Crippen LogP contribution in [-0.4, -0.2) is 0 Å². The van der Waals surface area contributed by atoms with E-state index in [1.807, 2.05) is 0 Å². The zero-order chi connectivity index (χ0) is 22.0. The van der Waals surface area contributed by atoms with E-state index in [1.54, 1.807) is 0 Å². The maximum Gasteiger partial charge on any atom is -0.0414 e. The van der Waals surface area contributed by atoms with E-state index in [-0.39, 0.29) is 0 Å². The minimum Gasteiger partial charge on any atom is -0.0654 e. The first kappa shape index (κ1) is 30.0. The van der Waals surface area contributed by atoms with E-state index in [0.29, 0.717) is 0 Å². The Labute approximate surface area is 193 Å². The number of hydrogen-bond donors (Lipinski definition) is 0. The molecule has 0 aromatic carbocycles. The lowest BCUT2D eigenvalue weighted by Gasteiger charge is -2.16. The normalized spacial score (nSPS) is 12.5. The fraction of sp³-hybridized carbons (Fsp3) is 1.00. The summed E-state index contributed by atoms with van der Waals surface area (Å²) in [5.41, 5.74) is 0. The summed E-state index contributed by atoms with van der Waals surface area (Å²) in [7, 11) is 0. The van der Waals surface area contributed by atoms with Crippen LogP contribution < -0.4 is 0 Å². The van der Waals surface area contributed by atoms with Gasteiger partial charge in [0.1, 0.15) is 0 Å². The van der Waals surface area contributed by atoms with E-state index in [1.165, 1.54) is 167 Å². The van der Waals surface area contributed by atoms with E-state index in [4.69, 9.17) is 0 Å². The smallest absolute Gasteiger partial charge is 0.0414 e. The third kappa shape index (κ3) is 24.3. The zero-order valence-corrected chi connectivity index (χ0v) is 22.0. The molecule has 0 spiro atoms. The van der Waals surface area contributed by atoms with Crippen molar-refractivity contribution in [1.29, 1.82) is 0 Å². The van der Waals surface area contributed by atoms with Gasteiger partial charge in [0.2, 0.25) is 0 Å². The molecule has 1 atom stereocenters. The second-order valence-corrected chi connectivity index (χ2v) is 10.3. The lowest BCUT2D eigenvalue weighted by molar-refractivity contribution is 0.370. The van der Waals surface area contributed by atoms with Gasteiger partial charge in [-0.2, -0.15) is 0 Å². The first-order valence-electron chi connectivity index (χ1n) is 14.8. The van der Waals surface area contributed by atoms with Gasteiger partial charge < -0.3 is 0 Å². The molecule has 0 aliphatic carbocycles. The summed E-state index contributed by atoms with van der Waals surface area (Å²) in [6, 6.07) is 0. The maximum atomic E-state index is 2.36. The van der Waals surface area contributed by atoms with Gasteiger partial charge in [-0.15, -0.1) is 0 Å². The molecule has 0 radical (unpaired) electrons. The van der Waals surface area contributed by atoms with Crippen molar-refractivity contribution in [3.05, 3.63) is 0 Å². The van der Waals surface area contributed by atoms with Crippen molar-refractivity contribution >= 4 is 0 Å². The highest BCUT2D eigenvalue weighted by Crippen LogP contribution is 2.24. The Kier molecular flexibility index (Phi) is 27.0. The molecule has 0 saturated carbocycles. The third-order valence-corrected chi connectivity index (χ3v) is 7.15. The molecule has 0 N–H and O–H groups in total. The Morgan fingerprint density at radius 2 is 0.500 bits per heavy atom. The van der Waals surface area contributed by atoms with Crippen LogP contribution in [0.15, 0.2) is 0 Å². The molecular formula is C30H62. The van der Waals surface area contributed by atoms with Gasteiger partial charge in [0.15, 0.2) is 0 Å². The van der Waals surface area contributed by atoms with Crippen molar-refractivity contribution < 1.29 is 0 Å². The van der Waals surface area contributed by atoms with Gasteiger partial charge >= 0.3 is 0 Å². The summed E-state index contributed by atoms with van der Waals surface area (Å²) in [6.45, 7) is 6.98. The van der Waals surface area contributed by atoms with Gasteiger partial charge in [-0.3, -0.25) is 0 Å². The van der Waals surface area contributed by atoms with Crippen molar-refractivity contribution in [3.8, 4) is 0 Å². The molecule has 0 nitrogen and oxygen atoms in total. The fourth-order valence-electron chi connectivity index (χ4n) is 4.94. The summed E-state index contributed by atoms with van der Waals surface area (Å²) < 4.78 is 0. The van der Waals surface area contributed by atoms with Gasteiger partial charge in [0.05, 0.1) is 0 Å². The summed E-state index contributed by atoms with van der Waals surface area (Å²) in [5, 5.41) is 0. The first-order chi connectivity index (χ1) is 14.8. The Balaban J connectivity index is 3.48. The molecule has 1 unspecified atom stereocenters. The van der Waals surface area contributed by atoms with Crippen LogP contribution >= 0.6 is 0 Å². The van der Waals surface area contributed by atoms with Crippen molar-refractivity contribution in [2.75, 3.05) is 0 Å².